The molecular formula is C58H41NO. The average molecular weight is 768 g/mol. The van der Waals surface area contributed by atoms with Gasteiger partial charge in [-0.3, -0.25) is 0 Å². The van der Waals surface area contributed by atoms with Gasteiger partial charge in [0.25, 0.3) is 0 Å². The number of rotatable bonds is 6. The van der Waals surface area contributed by atoms with E-state index >= 15 is 0 Å². The van der Waals surface area contributed by atoms with Gasteiger partial charge in [-0.15, -0.1) is 0 Å². The maximum Gasteiger partial charge on any atom is 0.143 e. The number of para-hydroxylation sites is 2. The first kappa shape index (κ1) is 34.6. The smallest absolute Gasteiger partial charge is 0.143 e. The molecular weight excluding hydrogens is 727 g/mol. The van der Waals surface area contributed by atoms with Crippen LogP contribution in [0.1, 0.15) is 24.5 Å². The fourth-order valence-corrected chi connectivity index (χ4v) is 10.4. The molecule has 2 aliphatic carbocycles. The molecule has 0 fully saturated rings. The topological polar surface area (TPSA) is 16.4 Å². The summed E-state index contributed by atoms with van der Waals surface area (Å²) in [6.07, 6.45) is 10.1. The van der Waals surface area contributed by atoms with Crippen molar-refractivity contribution in [1.29, 1.82) is 0 Å². The molecule has 0 radical (unpaired) electrons. The molecule has 0 spiro atoms. The van der Waals surface area contributed by atoms with Crippen LogP contribution in [-0.4, -0.2) is 0 Å². The standard InChI is InChI=1S/C58H41NO/c1-58(41-18-3-2-4-19-41)53-27-11-9-22-47(53)48-36-34-43(37-54(48)58)59(42-32-29-40(30-33-42)45-24-13-17-38-15-5-7-20-44(38)45)55-28-12-10-23-49(55)50-25-14-26-51-52-35-31-39-16-6-8-21-46(39)56(52)60-57(50)51/h2-18,20-37,41H,19H2,1H3. The normalized spacial score (nSPS) is 16.8. The number of nitrogens with zero attached hydrogens (tertiary/aromatic N) is 1. The molecule has 2 unspecified atom stereocenters. The lowest BCUT2D eigenvalue weighted by molar-refractivity contribution is 0.425. The van der Waals surface area contributed by atoms with E-state index in [2.05, 4.69) is 224 Å². The number of hydrogen-bond donors (Lipinski definition) is 0. The molecule has 0 saturated carbocycles. The van der Waals surface area contributed by atoms with Crippen molar-refractivity contribution in [2.75, 3.05) is 4.90 Å². The van der Waals surface area contributed by atoms with E-state index in [4.69, 9.17) is 4.42 Å². The van der Waals surface area contributed by atoms with Gasteiger partial charge in [-0.25, -0.2) is 0 Å². The van der Waals surface area contributed by atoms with Crippen molar-refractivity contribution in [3.8, 4) is 33.4 Å². The highest BCUT2D eigenvalue weighted by molar-refractivity contribution is 6.17. The summed E-state index contributed by atoms with van der Waals surface area (Å²) in [7, 11) is 0. The van der Waals surface area contributed by atoms with Crippen molar-refractivity contribution < 1.29 is 4.42 Å². The second-order valence-electron chi connectivity index (χ2n) is 16.5. The van der Waals surface area contributed by atoms with Crippen molar-refractivity contribution in [1.82, 2.24) is 0 Å². The summed E-state index contributed by atoms with van der Waals surface area (Å²) >= 11 is 0. The summed E-state index contributed by atoms with van der Waals surface area (Å²) in [6.45, 7) is 2.46. The number of fused-ring (bicyclic) bond motifs is 9. The maximum absolute atomic E-state index is 6.96. The Balaban J connectivity index is 1.08. The Bertz CT molecular complexity index is 3380. The van der Waals surface area contributed by atoms with E-state index in [-0.39, 0.29) is 5.41 Å². The Morgan fingerprint density at radius 3 is 1.95 bits per heavy atom. The fraction of sp³-hybridized carbons (Fsp3) is 0.0690. The molecule has 284 valence electrons. The van der Waals surface area contributed by atoms with Crippen LogP contribution in [0, 0.1) is 5.92 Å². The van der Waals surface area contributed by atoms with E-state index in [0.717, 1.165) is 61.9 Å². The van der Waals surface area contributed by atoms with Crippen molar-refractivity contribution >= 4 is 60.5 Å². The highest BCUT2D eigenvalue weighted by atomic mass is 16.3. The third-order valence-corrected chi connectivity index (χ3v) is 13.4. The maximum atomic E-state index is 6.96. The van der Waals surface area contributed by atoms with Gasteiger partial charge in [0.1, 0.15) is 11.2 Å². The molecule has 2 aliphatic rings. The fourth-order valence-electron chi connectivity index (χ4n) is 10.4. The van der Waals surface area contributed by atoms with Crippen molar-refractivity contribution in [3.63, 3.8) is 0 Å². The Kier molecular flexibility index (Phi) is 7.83. The van der Waals surface area contributed by atoms with Crippen LogP contribution >= 0.6 is 0 Å². The highest BCUT2D eigenvalue weighted by Gasteiger charge is 2.44. The van der Waals surface area contributed by atoms with Crippen molar-refractivity contribution in [2.24, 2.45) is 5.92 Å². The highest BCUT2D eigenvalue weighted by Crippen LogP contribution is 2.56. The van der Waals surface area contributed by atoms with Gasteiger partial charge in [0, 0.05) is 44.1 Å². The van der Waals surface area contributed by atoms with Crippen molar-refractivity contribution in [2.45, 2.75) is 18.8 Å². The summed E-state index contributed by atoms with van der Waals surface area (Å²) in [5, 5.41) is 7.06. The predicted octanol–water partition coefficient (Wildman–Crippen LogP) is 16.1. The van der Waals surface area contributed by atoms with Gasteiger partial charge in [-0.1, -0.05) is 183 Å². The molecule has 0 bridgehead atoms. The van der Waals surface area contributed by atoms with Gasteiger partial charge in [-0.2, -0.15) is 0 Å². The summed E-state index contributed by atoms with van der Waals surface area (Å²) in [6, 6.07) is 68.9. The number of anilines is 3. The van der Waals surface area contributed by atoms with E-state index < -0.39 is 0 Å². The molecule has 2 atom stereocenters. The molecule has 1 aromatic heterocycles. The Hall–Kier alpha value is -7.42. The summed E-state index contributed by atoms with van der Waals surface area (Å²) in [5.74, 6) is 0.336. The predicted molar refractivity (Wildman–Crippen MR) is 253 cm³/mol. The van der Waals surface area contributed by atoms with Crippen LogP contribution in [0.2, 0.25) is 0 Å². The molecule has 12 rings (SSSR count). The third-order valence-electron chi connectivity index (χ3n) is 13.4. The van der Waals surface area contributed by atoms with Gasteiger partial charge in [-0.05, 0) is 98.3 Å². The van der Waals surface area contributed by atoms with Crippen LogP contribution in [-0.2, 0) is 5.41 Å². The lowest BCUT2D eigenvalue weighted by atomic mass is 9.67. The van der Waals surface area contributed by atoms with Crippen LogP contribution in [0.25, 0.3) is 76.9 Å². The Labute approximate surface area is 350 Å². The van der Waals surface area contributed by atoms with Crippen LogP contribution in [0.15, 0.2) is 217 Å². The molecule has 0 saturated heterocycles. The molecule has 2 nitrogen and oxygen atoms in total. The van der Waals surface area contributed by atoms with Gasteiger partial charge in [0.15, 0.2) is 0 Å². The lowest BCUT2D eigenvalue weighted by Gasteiger charge is -2.36. The minimum atomic E-state index is -0.199. The van der Waals surface area contributed by atoms with Gasteiger partial charge < -0.3 is 9.32 Å². The molecule has 2 heteroatoms. The minimum Gasteiger partial charge on any atom is -0.455 e. The third kappa shape index (κ3) is 5.20. The Morgan fingerprint density at radius 2 is 1.10 bits per heavy atom. The molecule has 0 aliphatic heterocycles. The van der Waals surface area contributed by atoms with Crippen LogP contribution in [0.5, 0.6) is 0 Å². The summed E-state index contributed by atoms with van der Waals surface area (Å²) < 4.78 is 6.96. The van der Waals surface area contributed by atoms with E-state index in [9.17, 15) is 0 Å². The molecule has 10 aromatic rings. The van der Waals surface area contributed by atoms with Gasteiger partial charge in [0.2, 0.25) is 0 Å². The van der Waals surface area contributed by atoms with E-state index in [1.165, 1.54) is 49.5 Å². The van der Waals surface area contributed by atoms with E-state index in [1.54, 1.807) is 0 Å². The molecule has 9 aromatic carbocycles. The first-order chi connectivity index (χ1) is 29.6. The van der Waals surface area contributed by atoms with E-state index in [1.807, 2.05) is 0 Å². The second-order valence-corrected chi connectivity index (χ2v) is 16.5. The SMILES string of the molecule is CC1(C2C=CC=CC2)c2ccccc2-c2ccc(N(c3ccc(-c4cccc5ccccc45)cc3)c3ccccc3-c3cccc4c3oc3c5ccccc5ccc43)cc21. The second kappa shape index (κ2) is 13.6. The molecule has 1 heterocycles. The molecule has 0 amide bonds. The zero-order chi connectivity index (χ0) is 39.8. The average Bonchev–Trinajstić information content (AvgIpc) is 3.83. The Morgan fingerprint density at radius 1 is 0.467 bits per heavy atom. The largest absolute Gasteiger partial charge is 0.455 e. The van der Waals surface area contributed by atoms with Gasteiger partial charge >= 0.3 is 0 Å². The minimum absolute atomic E-state index is 0.199. The summed E-state index contributed by atoms with van der Waals surface area (Å²) in [5.41, 5.74) is 14.9. The van der Waals surface area contributed by atoms with Crippen LogP contribution in [0.4, 0.5) is 17.1 Å². The zero-order valence-electron chi connectivity index (χ0n) is 33.3. The van der Waals surface area contributed by atoms with Crippen LogP contribution in [0.3, 0.4) is 0 Å². The first-order valence-corrected chi connectivity index (χ1v) is 21.0. The molecule has 60 heavy (non-hydrogen) atoms. The van der Waals surface area contributed by atoms with Gasteiger partial charge in [0.05, 0.1) is 5.69 Å². The number of furan rings is 1. The monoisotopic (exact) mass is 767 g/mol. The lowest BCUT2D eigenvalue weighted by Crippen LogP contribution is -2.30. The quantitative estimate of drug-likeness (QED) is 0.168. The number of hydrogen-bond acceptors (Lipinski definition) is 2. The van der Waals surface area contributed by atoms with Crippen molar-refractivity contribution in [3.05, 3.63) is 223 Å². The first-order valence-electron chi connectivity index (χ1n) is 21.0. The molecule has 0 N–H and O–H groups in total. The summed E-state index contributed by atoms with van der Waals surface area (Å²) in [4.78, 5) is 2.46. The zero-order valence-corrected chi connectivity index (χ0v) is 33.3. The number of benzene rings is 9. The number of allylic oxidation sites excluding steroid dienone is 4. The van der Waals surface area contributed by atoms with E-state index in [0.29, 0.717) is 5.92 Å². The van der Waals surface area contributed by atoms with Crippen LogP contribution < -0.4 is 4.90 Å².